The molecule has 0 aromatic heterocycles. The van der Waals surface area contributed by atoms with Crippen molar-refractivity contribution in [1.29, 1.82) is 0 Å². The van der Waals surface area contributed by atoms with E-state index in [0.29, 0.717) is 12.8 Å². The van der Waals surface area contributed by atoms with Gasteiger partial charge < -0.3 is 28.3 Å². The topological polar surface area (TPSA) is 125 Å². The Morgan fingerprint density at radius 2 is 1.12 bits per heavy atom. The second-order valence-electron chi connectivity index (χ2n) is 8.28. The molecule has 0 unspecified atom stereocenters. The monoisotopic (exact) mass is 478 g/mol. The summed E-state index contributed by atoms with van der Waals surface area (Å²) >= 11 is 0. The maximum Gasteiger partial charge on any atom is 0.306 e. The van der Waals surface area contributed by atoms with Crippen LogP contribution in [0.3, 0.4) is 0 Å². The van der Waals surface area contributed by atoms with Crippen molar-refractivity contribution in [2.24, 2.45) is 0 Å². The molecule has 0 spiro atoms. The molecule has 0 rings (SSSR count). The maximum atomic E-state index is 12.0. The molecule has 0 aliphatic rings. The molecule has 0 bridgehead atoms. The highest BCUT2D eigenvalue weighted by Crippen LogP contribution is 2.25. The van der Waals surface area contributed by atoms with E-state index < -0.39 is 32.5 Å². The van der Waals surface area contributed by atoms with Gasteiger partial charge in [-0.25, -0.2) is 0 Å². The van der Waals surface area contributed by atoms with Gasteiger partial charge in [-0.15, -0.1) is 0 Å². The molecule has 0 aromatic carbocycles. The highest BCUT2D eigenvalue weighted by molar-refractivity contribution is 7.43. The number of hydrogen-bond acceptors (Lipinski definition) is 8. The predicted octanol–water partition coefficient (Wildman–Crippen LogP) is 4.57. The van der Waals surface area contributed by atoms with E-state index in [4.69, 9.17) is 9.47 Å². The Morgan fingerprint density at radius 3 is 1.59 bits per heavy atom. The molecular formula is C23H43O8P-2. The van der Waals surface area contributed by atoms with Crippen molar-refractivity contribution in [2.75, 3.05) is 13.2 Å². The Labute approximate surface area is 194 Å². The summed E-state index contributed by atoms with van der Waals surface area (Å²) in [6.45, 7) is 3.32. The number of phosphoric ester groups is 1. The van der Waals surface area contributed by atoms with Crippen LogP contribution in [0.4, 0.5) is 0 Å². The van der Waals surface area contributed by atoms with Gasteiger partial charge >= 0.3 is 11.9 Å². The summed E-state index contributed by atoms with van der Waals surface area (Å²) in [6.07, 6.45) is 14.1. The largest absolute Gasteiger partial charge is 0.790 e. The second-order valence-corrected chi connectivity index (χ2v) is 9.43. The van der Waals surface area contributed by atoms with Crippen molar-refractivity contribution in [3.05, 3.63) is 0 Å². The number of unbranched alkanes of at least 4 members (excludes halogenated alkanes) is 12. The van der Waals surface area contributed by atoms with Crippen LogP contribution in [0.5, 0.6) is 0 Å². The lowest BCUT2D eigenvalue weighted by atomic mass is 10.1. The summed E-state index contributed by atoms with van der Waals surface area (Å²) < 4.78 is 25.3. The van der Waals surface area contributed by atoms with Gasteiger partial charge in [0.15, 0.2) is 6.10 Å². The number of phosphoric acid groups is 1. The Morgan fingerprint density at radius 1 is 0.688 bits per heavy atom. The van der Waals surface area contributed by atoms with Crippen LogP contribution in [-0.2, 0) is 28.2 Å². The van der Waals surface area contributed by atoms with Crippen molar-refractivity contribution < 1.29 is 37.9 Å². The van der Waals surface area contributed by atoms with E-state index in [-0.39, 0.29) is 19.4 Å². The molecule has 0 aromatic rings. The van der Waals surface area contributed by atoms with E-state index in [1.54, 1.807) is 0 Å². The summed E-state index contributed by atoms with van der Waals surface area (Å²) in [5.41, 5.74) is 0. The fourth-order valence-corrected chi connectivity index (χ4v) is 3.60. The maximum absolute atomic E-state index is 12.0. The molecule has 0 fully saturated rings. The highest BCUT2D eigenvalue weighted by atomic mass is 31.2. The molecule has 0 heterocycles. The zero-order valence-electron chi connectivity index (χ0n) is 20.0. The Kier molecular flexibility index (Phi) is 20.0. The number of hydrogen-bond donors (Lipinski definition) is 0. The minimum Gasteiger partial charge on any atom is -0.790 e. The molecule has 0 radical (unpaired) electrons. The number of carbonyl (C=O) groups is 2. The van der Waals surface area contributed by atoms with Crippen LogP contribution < -0.4 is 9.79 Å². The Hall–Kier alpha value is -0.950. The molecule has 0 aliphatic carbocycles. The molecule has 9 heteroatoms. The Balaban J connectivity index is 4.17. The zero-order chi connectivity index (χ0) is 24.1. The predicted molar refractivity (Wildman–Crippen MR) is 120 cm³/mol. The second kappa shape index (κ2) is 20.6. The van der Waals surface area contributed by atoms with E-state index in [0.717, 1.165) is 38.5 Å². The lowest BCUT2D eigenvalue weighted by Gasteiger charge is -2.30. The van der Waals surface area contributed by atoms with Crippen LogP contribution in [0.2, 0.25) is 0 Å². The summed E-state index contributed by atoms with van der Waals surface area (Å²) in [4.78, 5) is 45.4. The molecule has 190 valence electrons. The number of carbonyl (C=O) groups excluding carboxylic acids is 2. The molecule has 8 nitrogen and oxygen atoms in total. The van der Waals surface area contributed by atoms with Gasteiger partial charge in [0, 0.05) is 12.8 Å². The zero-order valence-corrected chi connectivity index (χ0v) is 20.9. The summed E-state index contributed by atoms with van der Waals surface area (Å²) in [6, 6.07) is 0. The SMILES string of the molecule is CCCCCCCCCC(=O)OC[C@H](COP(=O)([O-])[O-])OC(=O)CCCCCCCCC. The van der Waals surface area contributed by atoms with E-state index >= 15 is 0 Å². The molecule has 0 N–H and O–H groups in total. The third kappa shape index (κ3) is 22.3. The van der Waals surface area contributed by atoms with Gasteiger partial charge in [-0.3, -0.25) is 9.59 Å². The summed E-state index contributed by atoms with van der Waals surface area (Å²) in [5.74, 6) is -0.971. The van der Waals surface area contributed by atoms with Crippen molar-refractivity contribution in [3.8, 4) is 0 Å². The molecule has 0 amide bonds. The van der Waals surface area contributed by atoms with Crippen molar-refractivity contribution in [3.63, 3.8) is 0 Å². The number of rotatable bonds is 22. The third-order valence-electron chi connectivity index (χ3n) is 5.12. The number of ether oxygens (including phenoxy) is 2. The van der Waals surface area contributed by atoms with Crippen molar-refractivity contribution in [2.45, 2.75) is 123 Å². The summed E-state index contributed by atoms with van der Waals surface area (Å²) in [7, 11) is -5.22. The fraction of sp³-hybridized carbons (Fsp3) is 0.913. The lowest BCUT2D eigenvalue weighted by Crippen LogP contribution is -2.31. The number of esters is 2. The van der Waals surface area contributed by atoms with Gasteiger partial charge in [-0.2, -0.15) is 0 Å². The quantitative estimate of drug-likeness (QED) is 0.126. The molecule has 0 saturated carbocycles. The molecule has 0 saturated heterocycles. The lowest BCUT2D eigenvalue weighted by molar-refractivity contribution is -0.342. The van der Waals surface area contributed by atoms with Crippen LogP contribution >= 0.6 is 7.82 Å². The normalized spacial score (nSPS) is 12.5. The third-order valence-corrected chi connectivity index (χ3v) is 5.58. The minimum atomic E-state index is -5.22. The average molecular weight is 479 g/mol. The molecule has 32 heavy (non-hydrogen) atoms. The van der Waals surface area contributed by atoms with Gasteiger partial charge in [0.25, 0.3) is 0 Å². The van der Waals surface area contributed by atoms with Gasteiger partial charge in [0.05, 0.1) is 14.4 Å². The van der Waals surface area contributed by atoms with E-state index in [2.05, 4.69) is 18.4 Å². The van der Waals surface area contributed by atoms with Gasteiger partial charge in [0.2, 0.25) is 0 Å². The van der Waals surface area contributed by atoms with E-state index in [1.165, 1.54) is 38.5 Å². The minimum absolute atomic E-state index is 0.183. The van der Waals surface area contributed by atoms with Crippen LogP contribution in [0, 0.1) is 0 Å². The molecular weight excluding hydrogens is 435 g/mol. The Bertz CT molecular complexity index is 520. The van der Waals surface area contributed by atoms with Crippen molar-refractivity contribution in [1.82, 2.24) is 0 Å². The first kappa shape index (κ1) is 31.0. The van der Waals surface area contributed by atoms with E-state index in [1.807, 2.05) is 0 Å². The van der Waals surface area contributed by atoms with E-state index in [9.17, 15) is 23.9 Å². The average Bonchev–Trinajstić information content (AvgIpc) is 2.73. The molecule has 1 atom stereocenters. The fourth-order valence-electron chi connectivity index (χ4n) is 3.25. The first-order valence-electron chi connectivity index (χ1n) is 12.3. The summed E-state index contributed by atoms with van der Waals surface area (Å²) in [5, 5.41) is 0. The van der Waals surface area contributed by atoms with Gasteiger partial charge in [-0.05, 0) is 12.8 Å². The van der Waals surface area contributed by atoms with Crippen molar-refractivity contribution >= 4 is 19.8 Å². The van der Waals surface area contributed by atoms with Crippen LogP contribution in [0.1, 0.15) is 117 Å². The first-order valence-corrected chi connectivity index (χ1v) is 13.8. The van der Waals surface area contributed by atoms with Crippen LogP contribution in [0.15, 0.2) is 0 Å². The smallest absolute Gasteiger partial charge is 0.306 e. The first-order chi connectivity index (χ1) is 15.3. The molecule has 0 aliphatic heterocycles. The van der Waals surface area contributed by atoms with Crippen LogP contribution in [-0.4, -0.2) is 31.3 Å². The van der Waals surface area contributed by atoms with Crippen LogP contribution in [0.25, 0.3) is 0 Å². The standard InChI is InChI=1S/C23H45O8P/c1-3-5-7-9-11-13-15-17-22(24)29-19-21(20-30-32(26,27)28)31-23(25)18-16-14-12-10-8-6-4-2/h21H,3-20H2,1-2H3,(H2,26,27,28)/p-2/t21-/m1/s1. The van der Waals surface area contributed by atoms with Gasteiger partial charge in [0.1, 0.15) is 6.61 Å². The van der Waals surface area contributed by atoms with Gasteiger partial charge in [-0.1, -0.05) is 90.9 Å². The highest BCUT2D eigenvalue weighted by Gasteiger charge is 2.18.